The predicted octanol–water partition coefficient (Wildman–Crippen LogP) is 4.21. The molecule has 0 bridgehead atoms. The van der Waals surface area contributed by atoms with Crippen LogP contribution in [0.3, 0.4) is 0 Å². The van der Waals surface area contributed by atoms with Crippen LogP contribution < -0.4 is 9.37 Å². The van der Waals surface area contributed by atoms with E-state index in [2.05, 4.69) is 115 Å². The first kappa shape index (κ1) is 24.1. The first-order chi connectivity index (χ1) is 14.4. The van der Waals surface area contributed by atoms with Crippen LogP contribution in [0, 0.1) is 24.3 Å². The van der Waals surface area contributed by atoms with Crippen LogP contribution in [0.1, 0.15) is 0 Å². The van der Waals surface area contributed by atoms with Gasteiger partial charge in [-0.1, -0.05) is 0 Å². The van der Waals surface area contributed by atoms with Gasteiger partial charge in [-0.2, -0.15) is 18.2 Å². The molecule has 0 spiro atoms. The third kappa shape index (κ3) is 8.27. The summed E-state index contributed by atoms with van der Waals surface area (Å²) in [4.78, 5) is 0. The summed E-state index contributed by atoms with van der Waals surface area (Å²) in [6.07, 6.45) is 0. The van der Waals surface area contributed by atoms with Crippen molar-refractivity contribution in [2.75, 3.05) is 0 Å². The maximum absolute atomic E-state index is 2.62. The van der Waals surface area contributed by atoms with E-state index in [1.54, 1.807) is 15.4 Å². The molecular formula is C28H21FePb-4. The summed E-state index contributed by atoms with van der Waals surface area (Å²) in [7, 11) is 0. The molecule has 0 amide bonds. The van der Waals surface area contributed by atoms with Gasteiger partial charge in [0.25, 0.3) is 0 Å². The molecule has 2 heteroatoms. The van der Waals surface area contributed by atoms with Gasteiger partial charge in [0.1, 0.15) is 0 Å². The molecule has 0 N–H and O–H groups in total. The molecule has 5 rings (SSSR count). The van der Waals surface area contributed by atoms with Gasteiger partial charge in [0, 0.05) is 0 Å². The summed E-state index contributed by atoms with van der Waals surface area (Å²) in [5.41, 5.74) is 0. The summed E-state index contributed by atoms with van der Waals surface area (Å²) < 4.78 is 4.64. The van der Waals surface area contributed by atoms with Crippen LogP contribution >= 0.6 is 0 Å². The summed E-state index contributed by atoms with van der Waals surface area (Å²) in [5, 5.41) is 0. The Morgan fingerprint density at radius 1 is 0.500 bits per heavy atom. The molecule has 0 atom stereocenters. The van der Waals surface area contributed by atoms with E-state index >= 15 is 0 Å². The Morgan fingerprint density at radius 3 is 1.10 bits per heavy atom. The predicted molar refractivity (Wildman–Crippen MR) is 123 cm³/mol. The molecule has 0 aliphatic heterocycles. The molecule has 5 aromatic carbocycles. The van der Waals surface area contributed by atoms with E-state index in [9.17, 15) is 0 Å². The summed E-state index contributed by atoms with van der Waals surface area (Å²) in [5.74, 6) is 0. The molecule has 149 valence electrons. The van der Waals surface area contributed by atoms with Gasteiger partial charge in [-0.25, -0.2) is 12.1 Å². The van der Waals surface area contributed by atoms with Gasteiger partial charge in [0.05, 0.1) is 0 Å². The number of hydrogen-bond donors (Lipinski definition) is 0. The van der Waals surface area contributed by atoms with Crippen LogP contribution in [0.2, 0.25) is 0 Å². The standard InChI is InChI=1S/3C6H5.C5H5.C5H.Fe.Pb/c3*1-2-4-6-5-3-1;2*1-2-4-5-3-1;;/h3*1-5H;1-5H;1H;;/q;;;-1;-5;+2;. The molecule has 0 nitrogen and oxygen atoms in total. The van der Waals surface area contributed by atoms with Gasteiger partial charge >= 0.3 is 140 Å². The number of hydrogen-bond acceptors (Lipinski definition) is 0. The van der Waals surface area contributed by atoms with Gasteiger partial charge in [0.2, 0.25) is 0 Å². The topological polar surface area (TPSA) is 0 Å². The van der Waals surface area contributed by atoms with E-state index in [0.29, 0.717) is 0 Å². The number of rotatable bonds is 3. The van der Waals surface area contributed by atoms with Crippen molar-refractivity contribution in [2.24, 2.45) is 0 Å². The van der Waals surface area contributed by atoms with E-state index < -0.39 is 22.7 Å². The normalized spacial score (nSPS) is 9.37. The van der Waals surface area contributed by atoms with Crippen molar-refractivity contribution < 1.29 is 17.1 Å². The van der Waals surface area contributed by atoms with Crippen molar-refractivity contribution in [3.63, 3.8) is 0 Å². The zero-order valence-electron chi connectivity index (χ0n) is 16.5. The second-order valence-electron chi connectivity index (χ2n) is 6.12. The second kappa shape index (κ2) is 14.7. The van der Waals surface area contributed by atoms with Gasteiger partial charge in [0.15, 0.2) is 0 Å². The van der Waals surface area contributed by atoms with E-state index in [4.69, 9.17) is 0 Å². The minimum atomic E-state index is -2.17. The summed E-state index contributed by atoms with van der Waals surface area (Å²) >= 11 is -2.17. The Hall–Kier alpha value is -2.20. The fraction of sp³-hybridized carbons (Fsp3) is 0. The van der Waals surface area contributed by atoms with Crippen molar-refractivity contribution in [3.05, 3.63) is 152 Å². The third-order valence-corrected chi connectivity index (χ3v) is 14.7. The molecule has 1 radical (unpaired) electrons. The molecule has 5 aromatic rings. The monoisotopic (exact) mass is 621 g/mol. The average molecular weight is 621 g/mol. The molecule has 0 unspecified atom stereocenters. The van der Waals surface area contributed by atoms with Crippen LogP contribution in [0.25, 0.3) is 0 Å². The van der Waals surface area contributed by atoms with Gasteiger partial charge in [-0.3, -0.25) is 0 Å². The van der Waals surface area contributed by atoms with Gasteiger partial charge in [-0.05, 0) is 0 Å². The molecule has 0 aliphatic carbocycles. The number of benzene rings is 3. The molecule has 0 aromatic heterocycles. The molecule has 0 heterocycles. The summed E-state index contributed by atoms with van der Waals surface area (Å²) in [6.45, 7) is 0. The first-order valence-corrected chi connectivity index (χ1v) is 15.3. The van der Waals surface area contributed by atoms with E-state index in [1.165, 1.54) is 0 Å². The molecule has 30 heavy (non-hydrogen) atoms. The molecule has 0 fully saturated rings. The Balaban J connectivity index is 0.000000239. The van der Waals surface area contributed by atoms with Gasteiger partial charge in [-0.15, -0.1) is 0 Å². The Kier molecular flexibility index (Phi) is 11.8. The average Bonchev–Trinajstić information content (AvgIpc) is 3.55. The fourth-order valence-corrected chi connectivity index (χ4v) is 12.8. The van der Waals surface area contributed by atoms with E-state index in [1.807, 2.05) is 30.3 Å². The third-order valence-electron chi connectivity index (χ3n) is 4.09. The first-order valence-electron chi connectivity index (χ1n) is 9.48. The van der Waals surface area contributed by atoms with E-state index in [0.717, 1.165) is 0 Å². The SMILES string of the molecule is [Fe+2].[c-]1[c-][c-][cH-][c-]1.c1cc[cH-]c1.c1cc[c]([Pb]([c]2ccccc2)[c]2ccccc2)cc1. The maximum atomic E-state index is 2.62. The Morgan fingerprint density at radius 2 is 0.867 bits per heavy atom. The summed E-state index contributed by atoms with van der Waals surface area (Å²) in [6, 6.07) is 55.0. The fourth-order valence-electron chi connectivity index (χ4n) is 2.82. The molecule has 0 saturated carbocycles. The van der Waals surface area contributed by atoms with Crippen LogP contribution in [0.5, 0.6) is 0 Å². The van der Waals surface area contributed by atoms with Crippen molar-refractivity contribution in [3.8, 4) is 0 Å². The van der Waals surface area contributed by atoms with Crippen molar-refractivity contribution in [2.45, 2.75) is 0 Å². The quantitative estimate of drug-likeness (QED) is 0.210. The molecule has 0 aliphatic rings. The zero-order valence-corrected chi connectivity index (χ0v) is 21.5. The Bertz CT molecular complexity index is 822. The van der Waals surface area contributed by atoms with Crippen LogP contribution in [-0.4, -0.2) is 22.7 Å². The second-order valence-corrected chi connectivity index (χ2v) is 15.8. The van der Waals surface area contributed by atoms with Crippen molar-refractivity contribution >= 4 is 32.1 Å². The van der Waals surface area contributed by atoms with Gasteiger partial charge < -0.3 is 30.3 Å². The van der Waals surface area contributed by atoms with E-state index in [-0.39, 0.29) is 17.1 Å². The Labute approximate surface area is 199 Å². The minimum absolute atomic E-state index is 0. The van der Waals surface area contributed by atoms with Crippen LogP contribution in [0.15, 0.2) is 127 Å². The van der Waals surface area contributed by atoms with Crippen molar-refractivity contribution in [1.29, 1.82) is 0 Å². The van der Waals surface area contributed by atoms with Crippen LogP contribution in [-0.2, 0) is 17.1 Å². The molecular weight excluding hydrogens is 599 g/mol. The van der Waals surface area contributed by atoms with Crippen LogP contribution in [0.4, 0.5) is 0 Å². The molecule has 0 saturated heterocycles. The zero-order chi connectivity index (χ0) is 20.0. The van der Waals surface area contributed by atoms with Crippen molar-refractivity contribution in [1.82, 2.24) is 0 Å².